The van der Waals surface area contributed by atoms with Crippen LogP contribution in [0.2, 0.25) is 10.0 Å². The molecule has 1 heterocycles. The van der Waals surface area contributed by atoms with E-state index in [2.05, 4.69) is 22.4 Å². The molecule has 1 unspecified atom stereocenters. The molecule has 1 N–H and O–H groups in total. The number of fused-ring (bicyclic) bond motifs is 1. The van der Waals surface area contributed by atoms with E-state index in [1.54, 1.807) is 6.07 Å². The summed E-state index contributed by atoms with van der Waals surface area (Å²) in [6.45, 7) is 0. The van der Waals surface area contributed by atoms with E-state index in [1.165, 1.54) is 0 Å². The van der Waals surface area contributed by atoms with Gasteiger partial charge in [-0.1, -0.05) is 59.6 Å². The van der Waals surface area contributed by atoms with Gasteiger partial charge in [0.15, 0.2) is 0 Å². The normalized spacial score (nSPS) is 12.5. The number of halogens is 2. The molecule has 3 aromatic rings. The van der Waals surface area contributed by atoms with Crippen LogP contribution < -0.4 is 5.32 Å². The van der Waals surface area contributed by atoms with E-state index in [0.29, 0.717) is 10.0 Å². The molecule has 106 valence electrons. The minimum absolute atomic E-state index is 0.109. The zero-order valence-corrected chi connectivity index (χ0v) is 13.0. The molecule has 0 fully saturated rings. The predicted molar refractivity (Wildman–Crippen MR) is 89.1 cm³/mol. The van der Waals surface area contributed by atoms with E-state index in [0.717, 1.165) is 22.0 Å². The lowest BCUT2D eigenvalue weighted by Crippen LogP contribution is -2.19. The van der Waals surface area contributed by atoms with Crippen LogP contribution in [0.1, 0.15) is 17.3 Å². The van der Waals surface area contributed by atoms with Crippen LogP contribution in [0.5, 0.6) is 0 Å². The van der Waals surface area contributed by atoms with Crippen LogP contribution in [-0.2, 0) is 0 Å². The number of benzene rings is 2. The number of aromatic nitrogens is 1. The highest BCUT2D eigenvalue weighted by molar-refractivity contribution is 6.42. The second-order valence-corrected chi connectivity index (χ2v) is 5.57. The smallest absolute Gasteiger partial charge is 0.0770 e. The molecular weight excluding hydrogens is 303 g/mol. The van der Waals surface area contributed by atoms with E-state index >= 15 is 0 Å². The molecule has 1 atom stereocenters. The van der Waals surface area contributed by atoms with Crippen molar-refractivity contribution in [2.45, 2.75) is 6.04 Å². The number of nitrogens with one attached hydrogen (secondary N) is 1. The molecule has 3 rings (SSSR count). The first-order valence-electron chi connectivity index (χ1n) is 6.67. The number of nitrogens with zero attached hydrogens (tertiary/aromatic N) is 1. The van der Waals surface area contributed by atoms with E-state index in [9.17, 15) is 0 Å². The summed E-state index contributed by atoms with van der Waals surface area (Å²) >= 11 is 12.5. The van der Waals surface area contributed by atoms with Gasteiger partial charge < -0.3 is 5.32 Å². The van der Waals surface area contributed by atoms with Crippen molar-refractivity contribution in [1.82, 2.24) is 10.3 Å². The van der Waals surface area contributed by atoms with Gasteiger partial charge in [-0.25, -0.2) is 0 Å². The Labute approximate surface area is 133 Å². The van der Waals surface area contributed by atoms with Crippen LogP contribution in [0.25, 0.3) is 10.8 Å². The summed E-state index contributed by atoms with van der Waals surface area (Å²) in [6.07, 6.45) is 1.82. The van der Waals surface area contributed by atoms with Gasteiger partial charge in [-0.05, 0) is 30.1 Å². The molecule has 4 heteroatoms. The van der Waals surface area contributed by atoms with Crippen LogP contribution in [0.3, 0.4) is 0 Å². The van der Waals surface area contributed by atoms with Gasteiger partial charge >= 0.3 is 0 Å². The Morgan fingerprint density at radius 1 is 1.00 bits per heavy atom. The Hall–Kier alpha value is -1.61. The molecule has 0 bridgehead atoms. The number of hydrogen-bond donors (Lipinski definition) is 1. The highest BCUT2D eigenvalue weighted by Gasteiger charge is 2.19. The highest BCUT2D eigenvalue weighted by Crippen LogP contribution is 2.34. The minimum Gasteiger partial charge on any atom is -0.308 e. The lowest BCUT2D eigenvalue weighted by molar-refractivity contribution is 0.677. The summed E-state index contributed by atoms with van der Waals surface area (Å²) in [5.41, 5.74) is 1.87. The van der Waals surface area contributed by atoms with Crippen LogP contribution in [0.15, 0.2) is 54.7 Å². The van der Waals surface area contributed by atoms with Crippen molar-refractivity contribution in [2.75, 3.05) is 7.05 Å². The maximum Gasteiger partial charge on any atom is 0.0770 e. The first-order valence-corrected chi connectivity index (χ1v) is 7.43. The molecule has 0 aliphatic carbocycles. The summed E-state index contributed by atoms with van der Waals surface area (Å²) in [4.78, 5) is 4.56. The monoisotopic (exact) mass is 316 g/mol. The fourth-order valence-electron chi connectivity index (χ4n) is 2.56. The van der Waals surface area contributed by atoms with E-state index in [1.807, 2.05) is 43.6 Å². The molecule has 0 spiro atoms. The van der Waals surface area contributed by atoms with Gasteiger partial charge in [-0.2, -0.15) is 0 Å². The fourth-order valence-corrected chi connectivity index (χ4v) is 2.97. The average Bonchev–Trinajstić information content (AvgIpc) is 2.52. The zero-order chi connectivity index (χ0) is 14.8. The van der Waals surface area contributed by atoms with Crippen LogP contribution in [0.4, 0.5) is 0 Å². The van der Waals surface area contributed by atoms with Gasteiger partial charge in [0, 0.05) is 11.6 Å². The maximum atomic E-state index is 6.37. The van der Waals surface area contributed by atoms with Crippen molar-refractivity contribution < 1.29 is 0 Å². The Morgan fingerprint density at radius 3 is 2.62 bits per heavy atom. The molecule has 0 aliphatic heterocycles. The van der Waals surface area contributed by atoms with Crippen molar-refractivity contribution in [3.8, 4) is 0 Å². The number of hydrogen-bond acceptors (Lipinski definition) is 2. The lowest BCUT2D eigenvalue weighted by Gasteiger charge is -2.19. The highest BCUT2D eigenvalue weighted by atomic mass is 35.5. The maximum absolute atomic E-state index is 6.37. The Balaban J connectivity index is 2.21. The van der Waals surface area contributed by atoms with E-state index in [4.69, 9.17) is 23.2 Å². The number of rotatable bonds is 3. The van der Waals surface area contributed by atoms with Gasteiger partial charge in [0.2, 0.25) is 0 Å². The minimum atomic E-state index is -0.109. The fraction of sp³-hybridized carbons (Fsp3) is 0.118. The molecule has 0 radical (unpaired) electrons. The van der Waals surface area contributed by atoms with Gasteiger partial charge in [0.05, 0.1) is 21.8 Å². The quantitative estimate of drug-likeness (QED) is 0.747. The molecule has 21 heavy (non-hydrogen) atoms. The molecule has 1 aromatic heterocycles. The lowest BCUT2D eigenvalue weighted by atomic mass is 9.98. The Morgan fingerprint density at radius 2 is 1.81 bits per heavy atom. The van der Waals surface area contributed by atoms with Crippen LogP contribution in [-0.4, -0.2) is 12.0 Å². The Bertz CT molecular complexity index is 781. The molecule has 2 nitrogen and oxygen atoms in total. The predicted octanol–water partition coefficient (Wildman–Crippen LogP) is 4.85. The summed E-state index contributed by atoms with van der Waals surface area (Å²) in [7, 11) is 1.89. The molecule has 2 aromatic carbocycles. The van der Waals surface area contributed by atoms with Crippen molar-refractivity contribution in [3.63, 3.8) is 0 Å². The van der Waals surface area contributed by atoms with Gasteiger partial charge in [-0.15, -0.1) is 0 Å². The molecule has 0 saturated carbocycles. The molecule has 0 aliphatic rings. The van der Waals surface area contributed by atoms with Crippen molar-refractivity contribution >= 4 is 34.0 Å². The van der Waals surface area contributed by atoms with Crippen LogP contribution >= 0.6 is 23.2 Å². The van der Waals surface area contributed by atoms with Crippen molar-refractivity contribution in [2.24, 2.45) is 0 Å². The van der Waals surface area contributed by atoms with Gasteiger partial charge in [-0.3, -0.25) is 4.98 Å². The SMILES string of the molecule is CNC(c1cccc(Cl)c1Cl)c1nccc2ccccc12. The first-order chi connectivity index (χ1) is 10.2. The summed E-state index contributed by atoms with van der Waals surface area (Å²) in [5, 5.41) is 6.66. The number of pyridine rings is 1. The third kappa shape index (κ3) is 2.62. The topological polar surface area (TPSA) is 24.9 Å². The standard InChI is InChI=1S/C17H14Cl2N2/c1-20-16(13-7-4-8-14(18)15(13)19)17-12-6-3-2-5-11(12)9-10-21-17/h2-10,16,20H,1H3. The average molecular weight is 317 g/mol. The first kappa shape index (κ1) is 14.3. The van der Waals surface area contributed by atoms with Crippen LogP contribution in [0, 0.1) is 0 Å². The molecule has 0 saturated heterocycles. The molecule has 0 amide bonds. The van der Waals surface area contributed by atoms with E-state index < -0.39 is 0 Å². The van der Waals surface area contributed by atoms with Crippen molar-refractivity contribution in [1.29, 1.82) is 0 Å². The van der Waals surface area contributed by atoms with E-state index in [-0.39, 0.29) is 6.04 Å². The third-order valence-corrected chi connectivity index (χ3v) is 4.39. The summed E-state index contributed by atoms with van der Waals surface area (Å²) in [5.74, 6) is 0. The van der Waals surface area contributed by atoms with Crippen molar-refractivity contribution in [3.05, 3.63) is 76.0 Å². The zero-order valence-electron chi connectivity index (χ0n) is 11.5. The second kappa shape index (κ2) is 6.02. The van der Waals surface area contributed by atoms with Gasteiger partial charge in [0.25, 0.3) is 0 Å². The molecular formula is C17H14Cl2N2. The largest absolute Gasteiger partial charge is 0.308 e. The third-order valence-electron chi connectivity index (χ3n) is 3.56. The Kier molecular flexibility index (Phi) is 4.11. The summed E-state index contributed by atoms with van der Waals surface area (Å²) in [6, 6.07) is 15.7. The second-order valence-electron chi connectivity index (χ2n) is 4.78. The van der Waals surface area contributed by atoms with Gasteiger partial charge in [0.1, 0.15) is 0 Å². The summed E-state index contributed by atoms with van der Waals surface area (Å²) < 4.78 is 0.